The number of hydrogen-bond acceptors (Lipinski definition) is 4. The Morgan fingerprint density at radius 1 is 1.56 bits per heavy atom. The van der Waals surface area contributed by atoms with E-state index in [0.717, 1.165) is 25.2 Å². The molecule has 100 valence electrons. The van der Waals surface area contributed by atoms with Gasteiger partial charge in [-0.3, -0.25) is 0 Å². The molecule has 5 nitrogen and oxygen atoms in total. The summed E-state index contributed by atoms with van der Waals surface area (Å²) in [6.07, 6.45) is 4.63. The fourth-order valence-corrected chi connectivity index (χ4v) is 3.22. The van der Waals surface area contributed by atoms with E-state index in [4.69, 9.17) is 11.6 Å². The van der Waals surface area contributed by atoms with E-state index in [9.17, 15) is 8.42 Å². The highest BCUT2D eigenvalue weighted by molar-refractivity contribution is 7.88. The summed E-state index contributed by atoms with van der Waals surface area (Å²) in [5.41, 5.74) is 0. The first-order valence-corrected chi connectivity index (χ1v) is 8.05. The molecule has 0 aromatic carbocycles. The smallest absolute Gasteiger partial charge is 0.209 e. The summed E-state index contributed by atoms with van der Waals surface area (Å²) in [5.74, 6) is 0.721. The van der Waals surface area contributed by atoms with E-state index in [1.807, 2.05) is 4.90 Å². The second kappa shape index (κ2) is 5.42. The Bertz CT molecular complexity index is 521. The zero-order chi connectivity index (χ0) is 13.2. The number of halogens is 1. The Balaban J connectivity index is 2.10. The average molecular weight is 290 g/mol. The van der Waals surface area contributed by atoms with Crippen LogP contribution in [0.3, 0.4) is 0 Å². The Hall–Kier alpha value is -0.850. The maximum atomic E-state index is 11.2. The number of pyridine rings is 1. The largest absolute Gasteiger partial charge is 0.354 e. The Kier molecular flexibility index (Phi) is 4.09. The van der Waals surface area contributed by atoms with Gasteiger partial charge in [0, 0.05) is 25.3 Å². The lowest BCUT2D eigenvalue weighted by molar-refractivity contribution is 0.465. The van der Waals surface area contributed by atoms with Crippen LogP contribution in [0.5, 0.6) is 0 Å². The molecule has 1 N–H and O–H groups in total. The van der Waals surface area contributed by atoms with Crippen LogP contribution in [-0.4, -0.2) is 38.8 Å². The zero-order valence-corrected chi connectivity index (χ0v) is 11.7. The number of nitrogens with zero attached hydrogens (tertiary/aromatic N) is 2. The topological polar surface area (TPSA) is 62.3 Å². The first-order valence-electron chi connectivity index (χ1n) is 5.78. The zero-order valence-electron chi connectivity index (χ0n) is 10.1. The fraction of sp³-hybridized carbons (Fsp3) is 0.545. The maximum absolute atomic E-state index is 11.2. The molecule has 2 heterocycles. The van der Waals surface area contributed by atoms with Gasteiger partial charge in [-0.25, -0.2) is 18.1 Å². The van der Waals surface area contributed by atoms with Crippen molar-refractivity contribution >= 4 is 27.4 Å². The molecule has 1 atom stereocenters. The summed E-state index contributed by atoms with van der Waals surface area (Å²) in [5, 5.41) is 0.595. The minimum absolute atomic E-state index is 0.0770. The number of piperidine rings is 1. The third kappa shape index (κ3) is 3.57. The molecule has 1 aliphatic rings. The Morgan fingerprint density at radius 2 is 2.33 bits per heavy atom. The monoisotopic (exact) mass is 289 g/mol. The number of aromatic nitrogens is 1. The van der Waals surface area contributed by atoms with Crippen LogP contribution in [-0.2, 0) is 10.0 Å². The van der Waals surface area contributed by atoms with Crippen molar-refractivity contribution < 1.29 is 8.42 Å². The summed E-state index contributed by atoms with van der Waals surface area (Å²) in [7, 11) is -3.17. The minimum atomic E-state index is -3.17. The maximum Gasteiger partial charge on any atom is 0.209 e. The van der Waals surface area contributed by atoms with Crippen LogP contribution in [0, 0.1) is 0 Å². The number of sulfonamides is 1. The van der Waals surface area contributed by atoms with E-state index < -0.39 is 10.0 Å². The van der Waals surface area contributed by atoms with Crippen LogP contribution < -0.4 is 9.62 Å². The SMILES string of the molecule is CS(=O)(=O)N[C@H]1CCCN(c2ncccc2Cl)C1. The molecule has 1 saturated heterocycles. The van der Waals surface area contributed by atoms with E-state index in [0.29, 0.717) is 11.6 Å². The molecule has 0 saturated carbocycles. The number of hydrogen-bond donors (Lipinski definition) is 1. The van der Waals surface area contributed by atoms with Gasteiger partial charge >= 0.3 is 0 Å². The van der Waals surface area contributed by atoms with Gasteiger partial charge in [-0.05, 0) is 25.0 Å². The summed E-state index contributed by atoms with van der Waals surface area (Å²) >= 11 is 6.10. The van der Waals surface area contributed by atoms with Gasteiger partial charge < -0.3 is 4.90 Å². The van der Waals surface area contributed by atoms with Crippen LogP contribution in [0.15, 0.2) is 18.3 Å². The molecule has 0 bridgehead atoms. The molecule has 7 heteroatoms. The number of nitrogens with one attached hydrogen (secondary N) is 1. The third-order valence-electron chi connectivity index (χ3n) is 2.84. The molecule has 0 amide bonds. The molecule has 1 aliphatic heterocycles. The van der Waals surface area contributed by atoms with Gasteiger partial charge in [0.15, 0.2) is 0 Å². The highest BCUT2D eigenvalue weighted by Crippen LogP contribution is 2.25. The van der Waals surface area contributed by atoms with Gasteiger partial charge in [-0.1, -0.05) is 11.6 Å². The van der Waals surface area contributed by atoms with Gasteiger partial charge in [0.2, 0.25) is 10.0 Å². The summed E-state index contributed by atoms with van der Waals surface area (Å²) < 4.78 is 25.1. The molecule has 0 spiro atoms. The molecule has 18 heavy (non-hydrogen) atoms. The highest BCUT2D eigenvalue weighted by atomic mass is 35.5. The second-order valence-electron chi connectivity index (χ2n) is 4.48. The van der Waals surface area contributed by atoms with Crippen LogP contribution in [0.25, 0.3) is 0 Å². The van der Waals surface area contributed by atoms with Crippen LogP contribution >= 0.6 is 11.6 Å². The van der Waals surface area contributed by atoms with Crippen LogP contribution in [0.1, 0.15) is 12.8 Å². The van der Waals surface area contributed by atoms with Crippen molar-refractivity contribution in [2.45, 2.75) is 18.9 Å². The van der Waals surface area contributed by atoms with Crippen molar-refractivity contribution in [2.24, 2.45) is 0 Å². The number of rotatable bonds is 3. The van der Waals surface area contributed by atoms with Gasteiger partial charge in [-0.2, -0.15) is 0 Å². The molecule has 0 aliphatic carbocycles. The lowest BCUT2D eigenvalue weighted by Gasteiger charge is -2.33. The summed E-state index contributed by atoms with van der Waals surface area (Å²) in [6.45, 7) is 1.45. The quantitative estimate of drug-likeness (QED) is 0.910. The molecule has 1 fully saturated rings. The van der Waals surface area contributed by atoms with E-state index in [-0.39, 0.29) is 6.04 Å². The molecule has 0 radical (unpaired) electrons. The van der Waals surface area contributed by atoms with Crippen LogP contribution in [0.2, 0.25) is 5.02 Å². The first-order chi connectivity index (χ1) is 8.46. The number of anilines is 1. The fourth-order valence-electron chi connectivity index (χ4n) is 2.18. The average Bonchev–Trinajstić information content (AvgIpc) is 2.27. The Labute approximate surface area is 112 Å². The molecule has 1 aromatic heterocycles. The van der Waals surface area contributed by atoms with Gasteiger partial charge in [0.25, 0.3) is 0 Å². The van der Waals surface area contributed by atoms with E-state index in [1.165, 1.54) is 6.26 Å². The van der Waals surface area contributed by atoms with Crippen molar-refractivity contribution in [1.82, 2.24) is 9.71 Å². The van der Waals surface area contributed by atoms with Crippen molar-refractivity contribution in [3.63, 3.8) is 0 Å². The molecule has 0 unspecified atom stereocenters. The van der Waals surface area contributed by atoms with Gasteiger partial charge in [0.05, 0.1) is 11.3 Å². The molecule has 2 rings (SSSR count). The van der Waals surface area contributed by atoms with Crippen molar-refractivity contribution in [3.8, 4) is 0 Å². The lowest BCUT2D eigenvalue weighted by atomic mass is 10.1. The first kappa shape index (κ1) is 13.6. The van der Waals surface area contributed by atoms with Crippen molar-refractivity contribution in [3.05, 3.63) is 23.4 Å². The Morgan fingerprint density at radius 3 is 3.00 bits per heavy atom. The predicted octanol–water partition coefficient (Wildman–Crippen LogP) is 1.25. The second-order valence-corrected chi connectivity index (χ2v) is 6.67. The van der Waals surface area contributed by atoms with E-state index in [1.54, 1.807) is 18.3 Å². The molecular weight excluding hydrogens is 274 g/mol. The third-order valence-corrected chi connectivity index (χ3v) is 3.90. The minimum Gasteiger partial charge on any atom is -0.354 e. The van der Waals surface area contributed by atoms with Crippen molar-refractivity contribution in [2.75, 3.05) is 24.2 Å². The lowest BCUT2D eigenvalue weighted by Crippen LogP contribution is -2.47. The van der Waals surface area contributed by atoms with E-state index in [2.05, 4.69) is 9.71 Å². The van der Waals surface area contributed by atoms with Crippen molar-refractivity contribution in [1.29, 1.82) is 0 Å². The summed E-state index contributed by atoms with van der Waals surface area (Å²) in [6, 6.07) is 3.49. The summed E-state index contributed by atoms with van der Waals surface area (Å²) in [4.78, 5) is 6.27. The van der Waals surface area contributed by atoms with Gasteiger partial charge in [-0.15, -0.1) is 0 Å². The normalized spacial score (nSPS) is 21.0. The molecule has 1 aromatic rings. The predicted molar refractivity (Wildman–Crippen MR) is 72.5 cm³/mol. The highest BCUT2D eigenvalue weighted by Gasteiger charge is 2.24. The van der Waals surface area contributed by atoms with E-state index >= 15 is 0 Å². The standard InChI is InChI=1S/C11H16ClN3O2S/c1-18(16,17)14-9-4-3-7-15(8-9)11-10(12)5-2-6-13-11/h2,5-6,9,14H,3-4,7-8H2,1H3/t9-/m0/s1. The van der Waals surface area contributed by atoms with Gasteiger partial charge in [0.1, 0.15) is 5.82 Å². The van der Waals surface area contributed by atoms with Crippen LogP contribution in [0.4, 0.5) is 5.82 Å². The molecular formula is C11H16ClN3O2S.